The van der Waals surface area contributed by atoms with Gasteiger partial charge in [-0.25, -0.2) is 4.39 Å². The highest BCUT2D eigenvalue weighted by Gasteiger charge is 2.23. The molecule has 0 unspecified atom stereocenters. The summed E-state index contributed by atoms with van der Waals surface area (Å²) in [5, 5.41) is 6.12. The number of hydrogen-bond acceptors (Lipinski definition) is 5. The highest BCUT2D eigenvalue weighted by atomic mass is 35.5. The summed E-state index contributed by atoms with van der Waals surface area (Å²) in [6.45, 7) is 5.12. The first-order valence-corrected chi connectivity index (χ1v) is 13.1. The van der Waals surface area contributed by atoms with Crippen LogP contribution in [0.5, 0.6) is 5.75 Å². The second kappa shape index (κ2) is 12.7. The number of benzene rings is 3. The molecular weight excluding hydrogens is 527 g/mol. The first-order valence-electron chi connectivity index (χ1n) is 12.3. The maximum Gasteiger partial charge on any atom is 0.257 e. The van der Waals surface area contributed by atoms with Crippen LogP contribution in [-0.4, -0.2) is 54.6 Å². The van der Waals surface area contributed by atoms with Crippen LogP contribution in [0.4, 0.5) is 15.8 Å². The molecule has 4 rings (SSSR count). The fourth-order valence-corrected chi connectivity index (χ4v) is 4.54. The van der Waals surface area contributed by atoms with Gasteiger partial charge >= 0.3 is 0 Å². The van der Waals surface area contributed by atoms with E-state index in [1.54, 1.807) is 18.2 Å². The quantitative estimate of drug-likeness (QED) is 0.383. The number of thiocarbonyl (C=S) groups is 1. The molecule has 0 saturated carbocycles. The zero-order valence-corrected chi connectivity index (χ0v) is 22.4. The topological polar surface area (TPSA) is 73.9 Å². The molecule has 1 aliphatic heterocycles. The van der Waals surface area contributed by atoms with Gasteiger partial charge in [-0.15, -0.1) is 0 Å². The smallest absolute Gasteiger partial charge is 0.257 e. The minimum Gasteiger partial charge on any atom is -0.494 e. The standard InChI is InChI=1S/C28H28ClFN4O3S/c1-2-17-37-23-10-5-20(6-11-23)27(36)34-15-13-33(14-16-34)25-12-9-22(18-24(25)29)31-28(38)32-26(35)19-3-7-21(30)8-4-19/h3-12,18H,2,13-17H2,1H3,(H2,31,32,35,38). The minimum absolute atomic E-state index is 0.00599. The molecule has 1 heterocycles. The van der Waals surface area contributed by atoms with Crippen molar-refractivity contribution in [3.05, 3.63) is 88.7 Å². The third-order valence-corrected chi connectivity index (χ3v) is 6.53. The summed E-state index contributed by atoms with van der Waals surface area (Å²) in [7, 11) is 0. The van der Waals surface area contributed by atoms with Gasteiger partial charge in [-0.2, -0.15) is 0 Å². The third-order valence-electron chi connectivity index (χ3n) is 6.02. The molecule has 38 heavy (non-hydrogen) atoms. The van der Waals surface area contributed by atoms with E-state index in [9.17, 15) is 14.0 Å². The van der Waals surface area contributed by atoms with E-state index in [-0.39, 0.29) is 11.0 Å². The number of carbonyl (C=O) groups excluding carboxylic acids is 2. The summed E-state index contributed by atoms with van der Waals surface area (Å²) in [6, 6.07) is 17.9. The molecule has 3 aromatic carbocycles. The molecule has 198 valence electrons. The van der Waals surface area contributed by atoms with Gasteiger partial charge in [0, 0.05) is 43.0 Å². The Bertz CT molecular complexity index is 1300. The van der Waals surface area contributed by atoms with E-state index in [1.807, 2.05) is 36.1 Å². The van der Waals surface area contributed by atoms with Gasteiger partial charge in [0.25, 0.3) is 11.8 Å². The van der Waals surface area contributed by atoms with E-state index in [4.69, 9.17) is 28.6 Å². The number of carbonyl (C=O) groups is 2. The molecule has 1 fully saturated rings. The maximum atomic E-state index is 13.1. The molecule has 0 bridgehead atoms. The van der Waals surface area contributed by atoms with Gasteiger partial charge in [-0.3, -0.25) is 14.9 Å². The Labute approximate surface area is 231 Å². The number of nitrogens with zero attached hydrogens (tertiary/aromatic N) is 2. The van der Waals surface area contributed by atoms with Gasteiger partial charge in [0.15, 0.2) is 5.11 Å². The van der Waals surface area contributed by atoms with Crippen LogP contribution >= 0.6 is 23.8 Å². The SMILES string of the molecule is CCCOc1ccc(C(=O)N2CCN(c3ccc(NC(=S)NC(=O)c4ccc(F)cc4)cc3Cl)CC2)cc1. The van der Waals surface area contributed by atoms with Gasteiger partial charge in [0.05, 0.1) is 17.3 Å². The number of piperazine rings is 1. The fraction of sp³-hybridized carbons (Fsp3) is 0.250. The Morgan fingerprint density at radius 1 is 0.974 bits per heavy atom. The number of halogens is 2. The van der Waals surface area contributed by atoms with E-state index in [0.717, 1.165) is 17.9 Å². The highest BCUT2D eigenvalue weighted by molar-refractivity contribution is 7.80. The summed E-state index contributed by atoms with van der Waals surface area (Å²) >= 11 is 11.8. The molecule has 1 aliphatic rings. The van der Waals surface area contributed by atoms with Crippen molar-refractivity contribution in [2.75, 3.05) is 43.0 Å². The zero-order chi connectivity index (χ0) is 27.1. The summed E-state index contributed by atoms with van der Waals surface area (Å²) in [4.78, 5) is 29.2. The molecule has 7 nitrogen and oxygen atoms in total. The van der Waals surface area contributed by atoms with Gasteiger partial charge in [0.2, 0.25) is 0 Å². The molecular formula is C28H28ClFN4O3S. The third kappa shape index (κ3) is 6.99. The Hall–Kier alpha value is -3.69. The molecule has 3 aromatic rings. The Balaban J connectivity index is 1.29. The van der Waals surface area contributed by atoms with Crippen molar-refractivity contribution in [1.82, 2.24) is 10.2 Å². The van der Waals surface area contributed by atoms with E-state index >= 15 is 0 Å². The highest BCUT2D eigenvalue weighted by Crippen LogP contribution is 2.30. The van der Waals surface area contributed by atoms with Crippen LogP contribution in [0.3, 0.4) is 0 Å². The molecule has 2 N–H and O–H groups in total. The van der Waals surface area contributed by atoms with Crippen LogP contribution < -0.4 is 20.3 Å². The number of nitrogens with one attached hydrogen (secondary N) is 2. The van der Waals surface area contributed by atoms with Crippen molar-refractivity contribution in [2.45, 2.75) is 13.3 Å². The molecule has 0 spiro atoms. The van der Waals surface area contributed by atoms with Crippen LogP contribution in [0.15, 0.2) is 66.7 Å². The molecule has 0 atom stereocenters. The average molecular weight is 555 g/mol. The van der Waals surface area contributed by atoms with Gasteiger partial charge in [-0.1, -0.05) is 18.5 Å². The Morgan fingerprint density at radius 3 is 2.26 bits per heavy atom. The van der Waals surface area contributed by atoms with Crippen LogP contribution in [0.1, 0.15) is 34.1 Å². The first kappa shape index (κ1) is 27.3. The molecule has 2 amide bonds. The number of anilines is 2. The monoisotopic (exact) mass is 554 g/mol. The molecule has 1 saturated heterocycles. The molecule has 0 aliphatic carbocycles. The minimum atomic E-state index is -0.446. The predicted molar refractivity (Wildman–Crippen MR) is 152 cm³/mol. The van der Waals surface area contributed by atoms with Crippen LogP contribution in [0.2, 0.25) is 5.02 Å². The zero-order valence-electron chi connectivity index (χ0n) is 20.9. The van der Waals surface area contributed by atoms with Crippen molar-refractivity contribution < 1.29 is 18.7 Å². The lowest BCUT2D eigenvalue weighted by molar-refractivity contribution is 0.0746. The van der Waals surface area contributed by atoms with E-state index in [0.29, 0.717) is 54.6 Å². The first-order chi connectivity index (χ1) is 18.3. The predicted octanol–water partition coefficient (Wildman–Crippen LogP) is 5.36. The largest absolute Gasteiger partial charge is 0.494 e. The van der Waals surface area contributed by atoms with Crippen molar-refractivity contribution in [1.29, 1.82) is 0 Å². The average Bonchev–Trinajstić information content (AvgIpc) is 2.92. The lowest BCUT2D eigenvalue weighted by atomic mass is 10.1. The van der Waals surface area contributed by atoms with Crippen LogP contribution in [0, 0.1) is 5.82 Å². The number of ether oxygens (including phenoxy) is 1. The maximum absolute atomic E-state index is 13.1. The van der Waals surface area contributed by atoms with E-state index in [1.165, 1.54) is 24.3 Å². The Morgan fingerprint density at radius 2 is 1.63 bits per heavy atom. The van der Waals surface area contributed by atoms with Crippen molar-refractivity contribution in [3.8, 4) is 5.75 Å². The van der Waals surface area contributed by atoms with Crippen molar-refractivity contribution >= 4 is 52.1 Å². The lowest BCUT2D eigenvalue weighted by Crippen LogP contribution is -2.48. The summed E-state index contributed by atoms with van der Waals surface area (Å²) in [5.74, 6) is -0.114. The molecule has 0 aromatic heterocycles. The van der Waals surface area contributed by atoms with Gasteiger partial charge < -0.3 is 19.9 Å². The van der Waals surface area contributed by atoms with E-state index < -0.39 is 11.7 Å². The summed E-state index contributed by atoms with van der Waals surface area (Å²) in [6.07, 6.45) is 0.929. The summed E-state index contributed by atoms with van der Waals surface area (Å²) in [5.41, 5.74) is 2.39. The number of rotatable bonds is 7. The second-order valence-electron chi connectivity index (χ2n) is 8.73. The van der Waals surface area contributed by atoms with Gasteiger partial charge in [-0.05, 0) is 85.4 Å². The van der Waals surface area contributed by atoms with Crippen molar-refractivity contribution in [2.24, 2.45) is 0 Å². The number of amides is 2. The van der Waals surface area contributed by atoms with Crippen molar-refractivity contribution in [3.63, 3.8) is 0 Å². The van der Waals surface area contributed by atoms with Crippen LogP contribution in [0.25, 0.3) is 0 Å². The van der Waals surface area contributed by atoms with Gasteiger partial charge in [0.1, 0.15) is 11.6 Å². The normalized spacial score (nSPS) is 13.1. The molecule has 0 radical (unpaired) electrons. The second-order valence-corrected chi connectivity index (χ2v) is 9.55. The lowest BCUT2D eigenvalue weighted by Gasteiger charge is -2.36. The van der Waals surface area contributed by atoms with Crippen LogP contribution in [-0.2, 0) is 0 Å². The number of hydrogen-bond donors (Lipinski definition) is 2. The van der Waals surface area contributed by atoms with E-state index in [2.05, 4.69) is 15.5 Å². The summed E-state index contributed by atoms with van der Waals surface area (Å²) < 4.78 is 18.7. The fourth-order valence-electron chi connectivity index (χ4n) is 4.03. The molecule has 10 heteroatoms. The Kier molecular flexibility index (Phi) is 9.15.